The Balaban J connectivity index is 1.37. The number of nitrogens with zero attached hydrogens (tertiary/aromatic N) is 1. The average Bonchev–Trinajstić information content (AvgIpc) is 3.57. The monoisotopic (exact) mass is 593 g/mol. The molecule has 9 rings (SSSR count). The van der Waals surface area contributed by atoms with Crippen molar-refractivity contribution in [2.24, 2.45) is 0 Å². The van der Waals surface area contributed by atoms with Crippen LogP contribution in [0.15, 0.2) is 152 Å². The smallest absolute Gasteiger partial charge is 0.0621 e. The van der Waals surface area contributed by atoms with Crippen molar-refractivity contribution in [1.82, 2.24) is 0 Å². The summed E-state index contributed by atoms with van der Waals surface area (Å²) < 4.78 is 2.64. The van der Waals surface area contributed by atoms with Crippen LogP contribution in [-0.4, -0.2) is 0 Å². The van der Waals surface area contributed by atoms with Gasteiger partial charge in [-0.15, -0.1) is 11.3 Å². The van der Waals surface area contributed by atoms with Crippen LogP contribution in [0.2, 0.25) is 0 Å². The molecule has 214 valence electrons. The second kappa shape index (κ2) is 9.92. The van der Waals surface area contributed by atoms with Crippen molar-refractivity contribution in [3.8, 4) is 22.3 Å². The van der Waals surface area contributed by atoms with Crippen molar-refractivity contribution in [1.29, 1.82) is 0 Å². The molecule has 1 heterocycles. The van der Waals surface area contributed by atoms with Crippen LogP contribution in [0.5, 0.6) is 0 Å². The summed E-state index contributed by atoms with van der Waals surface area (Å²) in [6.07, 6.45) is 0. The molecule has 0 aliphatic heterocycles. The van der Waals surface area contributed by atoms with Gasteiger partial charge in [0.2, 0.25) is 0 Å². The first-order chi connectivity index (χ1) is 22.1. The van der Waals surface area contributed by atoms with Gasteiger partial charge in [0.25, 0.3) is 0 Å². The molecule has 0 N–H and O–H groups in total. The number of benzene rings is 7. The fourth-order valence-corrected chi connectivity index (χ4v) is 8.50. The van der Waals surface area contributed by atoms with Gasteiger partial charge in [-0.1, -0.05) is 123 Å². The number of thiophene rings is 1. The van der Waals surface area contributed by atoms with Gasteiger partial charge in [0.15, 0.2) is 0 Å². The van der Waals surface area contributed by atoms with Crippen LogP contribution in [-0.2, 0) is 5.41 Å². The fraction of sp³-hybridized carbons (Fsp3) is 0.0698. The molecule has 45 heavy (non-hydrogen) atoms. The van der Waals surface area contributed by atoms with Gasteiger partial charge in [0, 0.05) is 47.9 Å². The molecule has 2 heteroatoms. The highest BCUT2D eigenvalue weighted by Crippen LogP contribution is 2.56. The van der Waals surface area contributed by atoms with Gasteiger partial charge in [0.1, 0.15) is 0 Å². The summed E-state index contributed by atoms with van der Waals surface area (Å²) in [6, 6.07) is 55.9. The molecule has 1 aliphatic carbocycles. The average molecular weight is 594 g/mol. The lowest BCUT2D eigenvalue weighted by Gasteiger charge is -2.31. The number of hydrogen-bond donors (Lipinski definition) is 0. The normalized spacial score (nSPS) is 13.3. The van der Waals surface area contributed by atoms with Gasteiger partial charge < -0.3 is 4.90 Å². The third-order valence-electron chi connectivity index (χ3n) is 9.64. The number of anilines is 3. The lowest BCUT2D eigenvalue weighted by atomic mass is 9.81. The maximum Gasteiger partial charge on any atom is 0.0621 e. The van der Waals surface area contributed by atoms with Crippen LogP contribution in [0, 0.1) is 0 Å². The molecule has 7 aromatic carbocycles. The molecule has 0 amide bonds. The molecule has 0 unspecified atom stereocenters. The maximum atomic E-state index is 2.51. The molecule has 0 atom stereocenters. The number of hydrogen-bond acceptors (Lipinski definition) is 2. The Morgan fingerprint density at radius 1 is 0.489 bits per heavy atom. The van der Waals surface area contributed by atoms with Crippen molar-refractivity contribution >= 4 is 59.3 Å². The zero-order valence-corrected chi connectivity index (χ0v) is 26.1. The van der Waals surface area contributed by atoms with Crippen molar-refractivity contribution in [2.45, 2.75) is 19.3 Å². The van der Waals surface area contributed by atoms with E-state index in [1.807, 2.05) is 11.3 Å². The lowest BCUT2D eigenvalue weighted by Crippen LogP contribution is -2.16. The Kier molecular flexibility index (Phi) is 5.78. The van der Waals surface area contributed by atoms with E-state index in [-0.39, 0.29) is 5.41 Å². The summed E-state index contributed by atoms with van der Waals surface area (Å²) in [5.74, 6) is 0. The molecule has 0 bridgehead atoms. The minimum Gasteiger partial charge on any atom is -0.309 e. The first-order valence-corrected chi connectivity index (χ1v) is 16.4. The second-order valence-electron chi connectivity index (χ2n) is 12.6. The molecule has 1 nitrogen and oxygen atoms in total. The molecule has 0 saturated carbocycles. The minimum absolute atomic E-state index is 0.110. The van der Waals surface area contributed by atoms with Crippen LogP contribution in [0.1, 0.15) is 25.0 Å². The minimum atomic E-state index is -0.110. The molecular weight excluding hydrogens is 563 g/mol. The van der Waals surface area contributed by atoms with E-state index in [4.69, 9.17) is 0 Å². The summed E-state index contributed by atoms with van der Waals surface area (Å²) >= 11 is 1.87. The van der Waals surface area contributed by atoms with Crippen molar-refractivity contribution in [3.63, 3.8) is 0 Å². The Morgan fingerprint density at radius 3 is 1.98 bits per heavy atom. The highest BCUT2D eigenvalue weighted by Gasteiger charge is 2.39. The molecule has 1 aliphatic rings. The van der Waals surface area contributed by atoms with Crippen molar-refractivity contribution in [2.75, 3.05) is 4.90 Å². The highest BCUT2D eigenvalue weighted by molar-refractivity contribution is 7.25. The Bertz CT molecular complexity index is 2400. The van der Waals surface area contributed by atoms with Gasteiger partial charge in [-0.3, -0.25) is 0 Å². The van der Waals surface area contributed by atoms with E-state index in [1.165, 1.54) is 75.7 Å². The summed E-state index contributed by atoms with van der Waals surface area (Å²) in [6.45, 7) is 4.75. The molecule has 0 saturated heterocycles. The predicted molar refractivity (Wildman–Crippen MR) is 195 cm³/mol. The van der Waals surface area contributed by atoms with Crippen LogP contribution >= 0.6 is 11.3 Å². The summed E-state index contributed by atoms with van der Waals surface area (Å²) in [4.78, 5) is 2.51. The Morgan fingerprint density at radius 2 is 1.13 bits per heavy atom. The van der Waals surface area contributed by atoms with E-state index in [2.05, 4.69) is 170 Å². The topological polar surface area (TPSA) is 3.24 Å². The van der Waals surface area contributed by atoms with E-state index in [0.29, 0.717) is 0 Å². The molecule has 8 aromatic rings. The molecular formula is C43H31NS. The first-order valence-electron chi connectivity index (χ1n) is 15.6. The lowest BCUT2D eigenvalue weighted by molar-refractivity contribution is 0.661. The fourth-order valence-electron chi connectivity index (χ4n) is 7.41. The van der Waals surface area contributed by atoms with E-state index in [1.54, 1.807) is 0 Å². The number of rotatable bonds is 4. The van der Waals surface area contributed by atoms with Gasteiger partial charge in [-0.2, -0.15) is 0 Å². The van der Waals surface area contributed by atoms with Gasteiger partial charge >= 0.3 is 0 Å². The third-order valence-corrected chi connectivity index (χ3v) is 10.8. The van der Waals surface area contributed by atoms with Crippen LogP contribution in [0.4, 0.5) is 17.1 Å². The van der Waals surface area contributed by atoms with Crippen LogP contribution in [0.3, 0.4) is 0 Å². The summed E-state index contributed by atoms with van der Waals surface area (Å²) in [5, 5.41) is 5.14. The molecule has 1 aromatic heterocycles. The first kappa shape index (κ1) is 26.2. The van der Waals surface area contributed by atoms with Gasteiger partial charge in [-0.25, -0.2) is 0 Å². The second-order valence-corrected chi connectivity index (χ2v) is 13.7. The Labute approximate surface area is 267 Å². The molecule has 0 fully saturated rings. The van der Waals surface area contributed by atoms with Gasteiger partial charge in [0.05, 0.1) is 5.69 Å². The Hall–Kier alpha value is -5.18. The van der Waals surface area contributed by atoms with Gasteiger partial charge in [-0.05, 0) is 75.7 Å². The summed E-state index contributed by atoms with van der Waals surface area (Å²) in [5.41, 5.74) is 11.3. The van der Waals surface area contributed by atoms with E-state index in [0.717, 1.165) is 5.69 Å². The SMILES string of the molecule is CC1(C)c2ccccc2-c2c1cc1ccccc1c2N(c1ccc(-c2ccccc2)cc1)c1ccc2sc3ccccc3c2c1. The van der Waals surface area contributed by atoms with E-state index < -0.39 is 0 Å². The van der Waals surface area contributed by atoms with Crippen LogP contribution < -0.4 is 4.90 Å². The van der Waals surface area contributed by atoms with E-state index in [9.17, 15) is 0 Å². The molecule has 0 radical (unpaired) electrons. The largest absolute Gasteiger partial charge is 0.309 e. The van der Waals surface area contributed by atoms with E-state index >= 15 is 0 Å². The molecule has 0 spiro atoms. The zero-order valence-electron chi connectivity index (χ0n) is 25.3. The predicted octanol–water partition coefficient (Wildman–Crippen LogP) is 12.7. The number of fused-ring (bicyclic) bond motifs is 7. The van der Waals surface area contributed by atoms with Crippen LogP contribution in [0.25, 0.3) is 53.2 Å². The zero-order chi connectivity index (χ0) is 30.1. The highest BCUT2D eigenvalue weighted by atomic mass is 32.1. The van der Waals surface area contributed by atoms with Crippen molar-refractivity contribution in [3.05, 3.63) is 163 Å². The summed E-state index contributed by atoms with van der Waals surface area (Å²) in [7, 11) is 0. The standard InChI is InChI=1S/C43H31NS/c1-43(2)37-18-10-8-17-35(37)41-38(43)26-30-14-6-7-15-33(30)42(41)44(31-22-20-29(21-23-31)28-12-4-3-5-13-28)32-24-25-40-36(27-32)34-16-9-11-19-39(34)45-40/h3-27H,1-2H3. The van der Waals surface area contributed by atoms with Crippen molar-refractivity contribution < 1.29 is 0 Å². The quantitative estimate of drug-likeness (QED) is 0.196. The third kappa shape index (κ3) is 3.99. The maximum absolute atomic E-state index is 2.51.